The van der Waals surface area contributed by atoms with Crippen molar-refractivity contribution >= 4 is 28.2 Å². The molecule has 0 radical (unpaired) electrons. The van der Waals surface area contributed by atoms with Gasteiger partial charge in [0.15, 0.2) is 0 Å². The second-order valence-corrected chi connectivity index (χ2v) is 3.83. The molecule has 0 spiro atoms. The summed E-state index contributed by atoms with van der Waals surface area (Å²) < 4.78 is 5.55. The van der Waals surface area contributed by atoms with Gasteiger partial charge >= 0.3 is 5.97 Å². The Kier molecular flexibility index (Phi) is 4.03. The van der Waals surface area contributed by atoms with Crippen molar-refractivity contribution in [2.45, 2.75) is 13.8 Å². The zero-order valence-electron chi connectivity index (χ0n) is 8.54. The predicted octanol–water partition coefficient (Wildman–Crippen LogP) is 2.75. The molecule has 0 N–H and O–H groups in total. The average Bonchev–Trinajstić information content (AvgIpc) is 2.22. The van der Waals surface area contributed by atoms with Gasteiger partial charge in [-0.2, -0.15) is 0 Å². The zero-order chi connectivity index (χ0) is 11.4. The predicted molar refractivity (Wildman–Crippen MR) is 60.2 cm³/mol. The maximum absolute atomic E-state index is 11.5. The molecule has 0 saturated heterocycles. The normalized spacial score (nSPS) is 9.80. The molecule has 1 rings (SSSR count). The lowest BCUT2D eigenvalue weighted by Gasteiger charge is -2.07. The Balaban J connectivity index is 3.21. The molecule has 0 unspecified atom stereocenters. The lowest BCUT2D eigenvalue weighted by Crippen LogP contribution is -2.07. The first kappa shape index (κ1) is 11.9. The Labute approximate surface area is 96.6 Å². The third kappa shape index (κ3) is 2.65. The van der Waals surface area contributed by atoms with Crippen molar-refractivity contribution in [3.05, 3.63) is 33.3 Å². The Morgan fingerprint density at radius 3 is 2.73 bits per heavy atom. The average molecular weight is 271 g/mol. The van der Waals surface area contributed by atoms with Crippen LogP contribution in [0.1, 0.15) is 33.2 Å². The Hall–Kier alpha value is -1.16. The molecule has 0 bridgehead atoms. The highest BCUT2D eigenvalue weighted by atomic mass is 79.9. The number of aryl methyl sites for hydroxylation is 1. The molecule has 0 saturated carbocycles. The Morgan fingerprint density at radius 1 is 1.53 bits per heavy atom. The summed E-state index contributed by atoms with van der Waals surface area (Å²) in [5.74, 6) is -0.420. The van der Waals surface area contributed by atoms with E-state index in [0.29, 0.717) is 28.5 Å². The Morgan fingerprint density at radius 2 is 2.20 bits per heavy atom. The molecule has 80 valence electrons. The molecular formula is C11H11BrO3. The van der Waals surface area contributed by atoms with E-state index in [1.807, 2.05) is 6.92 Å². The number of hydrogen-bond acceptors (Lipinski definition) is 3. The van der Waals surface area contributed by atoms with Crippen molar-refractivity contribution in [2.24, 2.45) is 0 Å². The van der Waals surface area contributed by atoms with E-state index >= 15 is 0 Å². The number of ether oxygens (including phenoxy) is 1. The van der Waals surface area contributed by atoms with Gasteiger partial charge in [-0.1, -0.05) is 0 Å². The van der Waals surface area contributed by atoms with E-state index < -0.39 is 5.97 Å². The molecule has 4 heteroatoms. The van der Waals surface area contributed by atoms with Crippen LogP contribution in [0.5, 0.6) is 0 Å². The highest BCUT2D eigenvalue weighted by Crippen LogP contribution is 2.23. The van der Waals surface area contributed by atoms with Gasteiger partial charge in [-0.3, -0.25) is 4.79 Å². The maximum atomic E-state index is 11.5. The van der Waals surface area contributed by atoms with E-state index in [0.717, 1.165) is 5.56 Å². The fourth-order valence-corrected chi connectivity index (χ4v) is 1.61. The van der Waals surface area contributed by atoms with Gasteiger partial charge in [-0.05, 0) is 47.5 Å². The first-order chi connectivity index (χ1) is 7.10. The second kappa shape index (κ2) is 5.07. The lowest BCUT2D eigenvalue weighted by molar-refractivity contribution is 0.0525. The van der Waals surface area contributed by atoms with Crippen LogP contribution in [-0.2, 0) is 4.74 Å². The molecule has 0 amide bonds. The first-order valence-corrected chi connectivity index (χ1v) is 5.32. The third-order valence-electron chi connectivity index (χ3n) is 1.91. The number of carbonyl (C=O) groups is 2. The first-order valence-electron chi connectivity index (χ1n) is 4.52. The summed E-state index contributed by atoms with van der Waals surface area (Å²) in [6.45, 7) is 3.87. The van der Waals surface area contributed by atoms with Crippen LogP contribution in [0.25, 0.3) is 0 Å². The van der Waals surface area contributed by atoms with Gasteiger partial charge in [0.25, 0.3) is 0 Å². The van der Waals surface area contributed by atoms with E-state index in [-0.39, 0.29) is 0 Å². The van der Waals surface area contributed by atoms with Crippen molar-refractivity contribution in [1.29, 1.82) is 0 Å². The summed E-state index contributed by atoms with van der Waals surface area (Å²) in [6.07, 6.45) is 0.710. The summed E-state index contributed by atoms with van der Waals surface area (Å²) in [5.41, 5.74) is 1.69. The highest BCUT2D eigenvalue weighted by Gasteiger charge is 2.13. The molecule has 0 aromatic heterocycles. The van der Waals surface area contributed by atoms with Gasteiger partial charge in [0.05, 0.1) is 12.2 Å². The summed E-state index contributed by atoms with van der Waals surface area (Å²) in [5, 5.41) is 0. The number of rotatable bonds is 3. The number of aldehydes is 1. The van der Waals surface area contributed by atoms with E-state index in [2.05, 4.69) is 15.9 Å². The van der Waals surface area contributed by atoms with Crippen LogP contribution in [0.2, 0.25) is 0 Å². The summed E-state index contributed by atoms with van der Waals surface area (Å²) in [4.78, 5) is 22.2. The summed E-state index contributed by atoms with van der Waals surface area (Å²) in [6, 6.07) is 3.22. The quantitative estimate of drug-likeness (QED) is 0.627. The van der Waals surface area contributed by atoms with Gasteiger partial charge in [0.2, 0.25) is 0 Å². The van der Waals surface area contributed by atoms with Crippen LogP contribution < -0.4 is 0 Å². The number of halogens is 1. The summed E-state index contributed by atoms with van der Waals surface area (Å²) in [7, 11) is 0. The fourth-order valence-electron chi connectivity index (χ4n) is 1.22. The number of hydrogen-bond donors (Lipinski definition) is 0. The van der Waals surface area contributed by atoms with Crippen molar-refractivity contribution < 1.29 is 14.3 Å². The SMILES string of the molecule is CCOC(=O)c1cc(C=O)cc(C)c1Br. The van der Waals surface area contributed by atoms with Crippen LogP contribution in [0.3, 0.4) is 0 Å². The van der Waals surface area contributed by atoms with Crippen molar-refractivity contribution in [3.8, 4) is 0 Å². The summed E-state index contributed by atoms with van der Waals surface area (Å²) >= 11 is 3.30. The monoisotopic (exact) mass is 270 g/mol. The maximum Gasteiger partial charge on any atom is 0.339 e. The molecule has 3 nitrogen and oxygen atoms in total. The van der Waals surface area contributed by atoms with Crippen LogP contribution in [0.15, 0.2) is 16.6 Å². The molecule has 0 fully saturated rings. The van der Waals surface area contributed by atoms with Gasteiger partial charge in [-0.25, -0.2) is 4.79 Å². The number of carbonyl (C=O) groups excluding carboxylic acids is 2. The molecule has 0 aliphatic heterocycles. The van der Waals surface area contributed by atoms with E-state index in [1.54, 1.807) is 13.0 Å². The molecule has 1 aromatic rings. The van der Waals surface area contributed by atoms with E-state index in [4.69, 9.17) is 4.74 Å². The van der Waals surface area contributed by atoms with Crippen molar-refractivity contribution in [2.75, 3.05) is 6.61 Å². The van der Waals surface area contributed by atoms with Gasteiger partial charge < -0.3 is 4.74 Å². The minimum Gasteiger partial charge on any atom is -0.462 e. The highest BCUT2D eigenvalue weighted by molar-refractivity contribution is 9.10. The van der Waals surface area contributed by atoms with Crippen LogP contribution in [-0.4, -0.2) is 18.9 Å². The lowest BCUT2D eigenvalue weighted by atomic mass is 10.1. The van der Waals surface area contributed by atoms with E-state index in [9.17, 15) is 9.59 Å². The zero-order valence-corrected chi connectivity index (χ0v) is 10.1. The number of benzene rings is 1. The largest absolute Gasteiger partial charge is 0.462 e. The topological polar surface area (TPSA) is 43.4 Å². The van der Waals surface area contributed by atoms with Crippen LogP contribution in [0, 0.1) is 6.92 Å². The molecular weight excluding hydrogens is 260 g/mol. The molecule has 0 heterocycles. The minimum atomic E-state index is -0.420. The van der Waals surface area contributed by atoms with Crippen molar-refractivity contribution in [3.63, 3.8) is 0 Å². The smallest absolute Gasteiger partial charge is 0.339 e. The molecule has 0 aliphatic rings. The second-order valence-electron chi connectivity index (χ2n) is 3.04. The van der Waals surface area contributed by atoms with Gasteiger partial charge in [0, 0.05) is 10.0 Å². The minimum absolute atomic E-state index is 0.315. The molecule has 0 atom stereocenters. The van der Waals surface area contributed by atoms with Crippen LogP contribution >= 0.6 is 15.9 Å². The van der Waals surface area contributed by atoms with Gasteiger partial charge in [0.1, 0.15) is 6.29 Å². The van der Waals surface area contributed by atoms with Crippen molar-refractivity contribution in [1.82, 2.24) is 0 Å². The number of esters is 1. The fraction of sp³-hybridized carbons (Fsp3) is 0.273. The molecule has 1 aromatic carbocycles. The molecule has 15 heavy (non-hydrogen) atoms. The van der Waals surface area contributed by atoms with Gasteiger partial charge in [-0.15, -0.1) is 0 Å². The third-order valence-corrected chi connectivity index (χ3v) is 2.96. The molecule has 0 aliphatic carbocycles. The Bertz CT molecular complexity index is 399. The van der Waals surface area contributed by atoms with Crippen LogP contribution in [0.4, 0.5) is 0 Å². The standard InChI is InChI=1S/C11H11BrO3/c1-3-15-11(14)9-5-8(6-13)4-7(2)10(9)12/h4-6H,3H2,1-2H3. The van der Waals surface area contributed by atoms with E-state index in [1.165, 1.54) is 6.07 Å².